The van der Waals surface area contributed by atoms with Crippen LogP contribution in [0.4, 0.5) is 4.79 Å². The second-order valence-electron chi connectivity index (χ2n) is 7.96. The molecule has 0 spiro atoms. The van der Waals surface area contributed by atoms with Gasteiger partial charge in [0, 0.05) is 30.8 Å². The molecular formula is C22H28N2O3. The predicted octanol–water partition coefficient (Wildman–Crippen LogP) is 4.87. The lowest BCUT2D eigenvalue weighted by molar-refractivity contribution is 0.0198. The normalized spacial score (nSPS) is 17.5. The average molecular weight is 368 g/mol. The smallest absolute Gasteiger partial charge is 0.410 e. The fourth-order valence-electron chi connectivity index (χ4n) is 3.42. The lowest BCUT2D eigenvalue weighted by Crippen LogP contribution is -2.42. The van der Waals surface area contributed by atoms with Crippen LogP contribution in [0, 0.1) is 0 Å². The number of aromatic nitrogens is 1. The van der Waals surface area contributed by atoms with Crippen molar-refractivity contribution in [2.75, 3.05) is 20.2 Å². The summed E-state index contributed by atoms with van der Waals surface area (Å²) in [6, 6.07) is 12.3. The minimum atomic E-state index is -0.480. The number of carbonyl (C=O) groups excluding carboxylic acids is 1. The van der Waals surface area contributed by atoms with E-state index in [4.69, 9.17) is 9.47 Å². The number of nitrogens with zero attached hydrogens (tertiary/aromatic N) is 2. The molecule has 27 heavy (non-hydrogen) atoms. The summed E-state index contributed by atoms with van der Waals surface area (Å²) in [5.41, 5.74) is 2.70. The highest BCUT2D eigenvalue weighted by atomic mass is 16.6. The van der Waals surface area contributed by atoms with E-state index in [1.165, 1.54) is 0 Å². The van der Waals surface area contributed by atoms with E-state index in [9.17, 15) is 4.79 Å². The van der Waals surface area contributed by atoms with E-state index in [0.717, 1.165) is 36.1 Å². The molecule has 1 amide bonds. The standard InChI is InChI=1S/C22H28N2O3/c1-22(2,3)27-21(25)24-12-8-11-17(15-24)18-13-19(20(26-4)23-14-18)16-9-6-5-7-10-16/h5-7,9-10,13-14,17H,8,11-12,15H2,1-4H3. The highest BCUT2D eigenvalue weighted by molar-refractivity contribution is 5.70. The third-order valence-corrected chi connectivity index (χ3v) is 4.69. The van der Waals surface area contributed by atoms with Gasteiger partial charge in [0.25, 0.3) is 0 Å². The van der Waals surface area contributed by atoms with Gasteiger partial charge in [-0.05, 0) is 50.8 Å². The van der Waals surface area contributed by atoms with E-state index >= 15 is 0 Å². The summed E-state index contributed by atoms with van der Waals surface area (Å²) in [7, 11) is 1.64. The molecular weight excluding hydrogens is 340 g/mol. The molecule has 5 heteroatoms. The van der Waals surface area contributed by atoms with Crippen LogP contribution in [0.5, 0.6) is 5.88 Å². The Hall–Kier alpha value is -2.56. The fraction of sp³-hybridized carbons (Fsp3) is 0.455. The summed E-state index contributed by atoms with van der Waals surface area (Å²) >= 11 is 0. The molecule has 1 saturated heterocycles. The Balaban J connectivity index is 1.82. The van der Waals surface area contributed by atoms with Gasteiger partial charge in [0.15, 0.2) is 0 Å². The first-order chi connectivity index (χ1) is 12.9. The van der Waals surface area contributed by atoms with Gasteiger partial charge in [0.05, 0.1) is 7.11 Å². The maximum Gasteiger partial charge on any atom is 0.410 e. The fourth-order valence-corrected chi connectivity index (χ4v) is 3.42. The number of hydrogen-bond acceptors (Lipinski definition) is 4. The van der Waals surface area contributed by atoms with Gasteiger partial charge in [-0.25, -0.2) is 9.78 Å². The van der Waals surface area contributed by atoms with Crippen molar-refractivity contribution in [2.24, 2.45) is 0 Å². The maximum atomic E-state index is 12.4. The number of methoxy groups -OCH3 is 1. The van der Waals surface area contributed by atoms with E-state index in [1.54, 1.807) is 7.11 Å². The van der Waals surface area contributed by atoms with Crippen molar-refractivity contribution in [3.8, 4) is 17.0 Å². The van der Waals surface area contributed by atoms with Crippen molar-refractivity contribution in [3.05, 3.63) is 48.2 Å². The molecule has 1 unspecified atom stereocenters. The first kappa shape index (κ1) is 19.2. The van der Waals surface area contributed by atoms with Crippen LogP contribution in [-0.2, 0) is 4.74 Å². The third-order valence-electron chi connectivity index (χ3n) is 4.69. The van der Waals surface area contributed by atoms with Gasteiger partial charge < -0.3 is 14.4 Å². The molecule has 144 valence electrons. The number of benzene rings is 1. The van der Waals surface area contributed by atoms with E-state index in [-0.39, 0.29) is 12.0 Å². The van der Waals surface area contributed by atoms with Crippen LogP contribution in [0.2, 0.25) is 0 Å². The van der Waals surface area contributed by atoms with Crippen LogP contribution < -0.4 is 4.74 Å². The summed E-state index contributed by atoms with van der Waals surface area (Å²) < 4.78 is 11.0. The topological polar surface area (TPSA) is 51.7 Å². The van der Waals surface area contributed by atoms with Gasteiger partial charge in [-0.15, -0.1) is 0 Å². The van der Waals surface area contributed by atoms with Crippen molar-refractivity contribution in [3.63, 3.8) is 0 Å². The van der Waals surface area contributed by atoms with Gasteiger partial charge in [-0.2, -0.15) is 0 Å². The molecule has 2 aromatic rings. The Labute approximate surface area is 161 Å². The first-order valence-corrected chi connectivity index (χ1v) is 9.44. The van der Waals surface area contributed by atoms with Gasteiger partial charge in [-0.3, -0.25) is 0 Å². The van der Waals surface area contributed by atoms with E-state index < -0.39 is 5.60 Å². The van der Waals surface area contributed by atoms with E-state index in [1.807, 2.05) is 50.1 Å². The van der Waals surface area contributed by atoms with Crippen LogP contribution in [-0.4, -0.2) is 41.8 Å². The van der Waals surface area contributed by atoms with Crippen molar-refractivity contribution in [1.82, 2.24) is 9.88 Å². The maximum absolute atomic E-state index is 12.4. The third kappa shape index (κ3) is 4.79. The number of carbonyl (C=O) groups is 1. The quantitative estimate of drug-likeness (QED) is 0.775. The minimum Gasteiger partial charge on any atom is -0.481 e. The van der Waals surface area contributed by atoms with Crippen LogP contribution in [0.25, 0.3) is 11.1 Å². The van der Waals surface area contributed by atoms with Crippen molar-refractivity contribution in [1.29, 1.82) is 0 Å². The van der Waals surface area contributed by atoms with Gasteiger partial charge in [0.1, 0.15) is 5.60 Å². The monoisotopic (exact) mass is 368 g/mol. The molecule has 1 fully saturated rings. The number of hydrogen-bond donors (Lipinski definition) is 0. The van der Waals surface area contributed by atoms with Crippen LogP contribution >= 0.6 is 0 Å². The number of rotatable bonds is 3. The van der Waals surface area contributed by atoms with Crippen molar-refractivity contribution >= 4 is 6.09 Å². The van der Waals surface area contributed by atoms with Crippen molar-refractivity contribution in [2.45, 2.75) is 45.1 Å². The number of ether oxygens (including phenoxy) is 2. The highest BCUT2D eigenvalue weighted by Gasteiger charge is 2.29. The Morgan fingerprint density at radius 2 is 1.96 bits per heavy atom. The molecule has 0 saturated carbocycles. The zero-order chi connectivity index (χ0) is 19.4. The van der Waals surface area contributed by atoms with Crippen LogP contribution in [0.1, 0.15) is 45.1 Å². The SMILES string of the molecule is COc1ncc(C2CCCN(C(=O)OC(C)(C)C)C2)cc1-c1ccccc1. The van der Waals surface area contributed by atoms with Crippen molar-refractivity contribution < 1.29 is 14.3 Å². The number of likely N-dealkylation sites (tertiary alicyclic amines) is 1. The summed E-state index contributed by atoms with van der Waals surface area (Å²) in [6.45, 7) is 7.07. The molecule has 2 heterocycles. The summed E-state index contributed by atoms with van der Waals surface area (Å²) in [6.07, 6.45) is 3.61. The van der Waals surface area contributed by atoms with Gasteiger partial charge >= 0.3 is 6.09 Å². The minimum absolute atomic E-state index is 0.239. The lowest BCUT2D eigenvalue weighted by atomic mass is 9.90. The molecule has 1 atom stereocenters. The molecule has 3 rings (SSSR count). The highest BCUT2D eigenvalue weighted by Crippen LogP contribution is 2.34. The Morgan fingerprint density at radius 3 is 2.63 bits per heavy atom. The largest absolute Gasteiger partial charge is 0.481 e. The molecule has 1 aliphatic rings. The number of piperidine rings is 1. The number of pyridine rings is 1. The summed E-state index contributed by atoms with van der Waals surface area (Å²) in [5.74, 6) is 0.858. The summed E-state index contributed by atoms with van der Waals surface area (Å²) in [5, 5.41) is 0. The van der Waals surface area contributed by atoms with Crippen LogP contribution in [0.15, 0.2) is 42.6 Å². The zero-order valence-corrected chi connectivity index (χ0v) is 16.6. The number of amides is 1. The van der Waals surface area contributed by atoms with E-state index in [0.29, 0.717) is 12.4 Å². The Kier molecular flexibility index (Phi) is 5.68. The zero-order valence-electron chi connectivity index (χ0n) is 16.6. The summed E-state index contributed by atoms with van der Waals surface area (Å²) in [4.78, 5) is 18.8. The van der Waals surface area contributed by atoms with Gasteiger partial charge in [-0.1, -0.05) is 30.3 Å². The molecule has 0 N–H and O–H groups in total. The average Bonchev–Trinajstić information content (AvgIpc) is 2.67. The van der Waals surface area contributed by atoms with Crippen LogP contribution in [0.3, 0.4) is 0 Å². The Morgan fingerprint density at radius 1 is 1.22 bits per heavy atom. The molecule has 0 bridgehead atoms. The molecule has 1 aromatic heterocycles. The molecule has 5 nitrogen and oxygen atoms in total. The molecule has 1 aliphatic heterocycles. The molecule has 1 aromatic carbocycles. The second kappa shape index (κ2) is 7.99. The lowest BCUT2D eigenvalue weighted by Gasteiger charge is -2.34. The van der Waals surface area contributed by atoms with E-state index in [2.05, 4.69) is 23.2 Å². The van der Waals surface area contributed by atoms with Gasteiger partial charge in [0.2, 0.25) is 5.88 Å². The molecule has 0 radical (unpaired) electrons. The second-order valence-corrected chi connectivity index (χ2v) is 7.96. The Bertz CT molecular complexity index is 784. The predicted molar refractivity (Wildman–Crippen MR) is 106 cm³/mol. The first-order valence-electron chi connectivity index (χ1n) is 9.44. The molecule has 0 aliphatic carbocycles.